The number of hydrogen-bond donors (Lipinski definition) is 1. The summed E-state index contributed by atoms with van der Waals surface area (Å²) in [6.07, 6.45) is 3.56. The van der Waals surface area contributed by atoms with Crippen molar-refractivity contribution in [2.75, 3.05) is 22.8 Å². The van der Waals surface area contributed by atoms with E-state index in [0.717, 1.165) is 36.2 Å². The van der Waals surface area contributed by atoms with Crippen LogP contribution in [0.5, 0.6) is 11.5 Å². The van der Waals surface area contributed by atoms with E-state index >= 15 is 0 Å². The molecule has 0 aromatic heterocycles. The maximum absolute atomic E-state index is 12.6. The predicted molar refractivity (Wildman–Crippen MR) is 114 cm³/mol. The number of rotatable bonds is 7. The van der Waals surface area contributed by atoms with Gasteiger partial charge in [0, 0.05) is 23.9 Å². The lowest BCUT2D eigenvalue weighted by molar-refractivity contribution is -0.117. The number of carbonyl (C=O) groups is 2. The minimum atomic E-state index is -0.153. The average molecular weight is 413 g/mol. The molecular weight excluding hydrogens is 388 g/mol. The van der Waals surface area contributed by atoms with Gasteiger partial charge in [0.05, 0.1) is 5.75 Å². The summed E-state index contributed by atoms with van der Waals surface area (Å²) in [6, 6.07) is 13.3. The van der Waals surface area contributed by atoms with E-state index in [2.05, 4.69) is 12.2 Å². The molecule has 2 aliphatic heterocycles. The summed E-state index contributed by atoms with van der Waals surface area (Å²) in [7, 11) is 0. The van der Waals surface area contributed by atoms with Crippen LogP contribution in [0.25, 0.3) is 0 Å². The Labute approximate surface area is 174 Å². The Bertz CT molecular complexity index is 917. The monoisotopic (exact) mass is 412 g/mol. The van der Waals surface area contributed by atoms with E-state index in [1.165, 1.54) is 0 Å². The lowest BCUT2D eigenvalue weighted by Gasteiger charge is -2.25. The molecule has 2 aromatic rings. The summed E-state index contributed by atoms with van der Waals surface area (Å²) in [5.74, 6) is 1.83. The van der Waals surface area contributed by atoms with Gasteiger partial charge in [-0.2, -0.15) is 0 Å². The maximum Gasteiger partial charge on any atom is 0.238 e. The highest BCUT2D eigenvalue weighted by Crippen LogP contribution is 2.45. The molecule has 2 heterocycles. The number of benzene rings is 2. The molecule has 0 bridgehead atoms. The van der Waals surface area contributed by atoms with Crippen LogP contribution in [0.15, 0.2) is 42.5 Å². The van der Waals surface area contributed by atoms with Gasteiger partial charge in [0.2, 0.25) is 18.6 Å². The highest BCUT2D eigenvalue weighted by molar-refractivity contribution is 8.00. The molecule has 2 aromatic carbocycles. The molecule has 0 aliphatic carbocycles. The summed E-state index contributed by atoms with van der Waals surface area (Å²) < 4.78 is 10.8. The number of carbonyl (C=O) groups excluding carboxylic acids is 2. The van der Waals surface area contributed by atoms with Gasteiger partial charge in [-0.3, -0.25) is 14.5 Å². The van der Waals surface area contributed by atoms with Gasteiger partial charge in [-0.05, 0) is 36.2 Å². The van der Waals surface area contributed by atoms with E-state index in [1.54, 1.807) is 16.7 Å². The molecule has 2 amide bonds. The minimum Gasteiger partial charge on any atom is -0.454 e. The van der Waals surface area contributed by atoms with Crippen LogP contribution in [0.4, 0.5) is 11.4 Å². The fourth-order valence-corrected chi connectivity index (χ4v) is 4.68. The molecule has 0 radical (unpaired) electrons. The van der Waals surface area contributed by atoms with E-state index in [1.807, 2.05) is 42.5 Å². The topological polar surface area (TPSA) is 67.9 Å². The van der Waals surface area contributed by atoms with E-state index in [4.69, 9.17) is 9.47 Å². The molecular formula is C22H24N2O4S. The Hall–Kier alpha value is -2.67. The lowest BCUT2D eigenvalue weighted by Crippen LogP contribution is -2.27. The van der Waals surface area contributed by atoms with Crippen molar-refractivity contribution in [3.05, 3.63) is 48.0 Å². The van der Waals surface area contributed by atoms with Gasteiger partial charge in [0.15, 0.2) is 11.5 Å². The first-order valence-electron chi connectivity index (χ1n) is 9.89. The molecule has 1 atom stereocenters. The van der Waals surface area contributed by atoms with E-state index < -0.39 is 0 Å². The largest absolute Gasteiger partial charge is 0.454 e. The molecule has 152 valence electrons. The summed E-state index contributed by atoms with van der Waals surface area (Å²) in [5, 5.41) is 2.82. The standard InChI is InChI=1S/C22H24N2O4S/c1-2-3-4-8-20(25)23-16-7-5-6-15(11-16)22-24(21(26)13-29-22)17-9-10-18-19(12-17)28-14-27-18/h5-7,9-12,22H,2-4,8,13-14H2,1H3,(H,23,25)/t22-/m0/s1. The molecule has 0 unspecified atom stereocenters. The molecule has 0 spiro atoms. The summed E-state index contributed by atoms with van der Waals surface area (Å²) in [6.45, 7) is 2.32. The zero-order valence-electron chi connectivity index (χ0n) is 16.3. The number of fused-ring (bicyclic) bond motifs is 1. The third kappa shape index (κ3) is 4.34. The van der Waals surface area contributed by atoms with Gasteiger partial charge in [-0.25, -0.2) is 0 Å². The van der Waals surface area contributed by atoms with Crippen molar-refractivity contribution in [1.29, 1.82) is 0 Å². The SMILES string of the molecule is CCCCCC(=O)Nc1cccc([C@@H]2SCC(=O)N2c2ccc3c(c2)OCO3)c1. The fourth-order valence-electron chi connectivity index (χ4n) is 3.51. The van der Waals surface area contributed by atoms with Crippen molar-refractivity contribution in [1.82, 2.24) is 0 Å². The molecule has 1 fully saturated rings. The molecule has 2 aliphatic rings. The van der Waals surface area contributed by atoms with Crippen LogP contribution >= 0.6 is 11.8 Å². The van der Waals surface area contributed by atoms with Crippen LogP contribution in [-0.2, 0) is 9.59 Å². The number of anilines is 2. The lowest BCUT2D eigenvalue weighted by atomic mass is 10.1. The third-order valence-corrected chi connectivity index (χ3v) is 6.18. The van der Waals surface area contributed by atoms with Crippen molar-refractivity contribution < 1.29 is 19.1 Å². The first kappa shape index (κ1) is 19.6. The van der Waals surface area contributed by atoms with Crippen LogP contribution in [0.2, 0.25) is 0 Å². The molecule has 0 saturated carbocycles. The second-order valence-electron chi connectivity index (χ2n) is 7.10. The quantitative estimate of drug-likeness (QED) is 0.667. The Balaban J connectivity index is 1.52. The van der Waals surface area contributed by atoms with Crippen molar-refractivity contribution in [3.8, 4) is 11.5 Å². The number of thioether (sulfide) groups is 1. The normalized spacial score (nSPS) is 17.6. The van der Waals surface area contributed by atoms with E-state index in [9.17, 15) is 9.59 Å². The Morgan fingerprint density at radius 3 is 2.90 bits per heavy atom. The average Bonchev–Trinajstić information content (AvgIpc) is 3.34. The van der Waals surface area contributed by atoms with Crippen molar-refractivity contribution in [2.24, 2.45) is 0 Å². The van der Waals surface area contributed by atoms with Gasteiger partial charge in [0.1, 0.15) is 5.37 Å². The second-order valence-corrected chi connectivity index (χ2v) is 8.16. The number of nitrogens with one attached hydrogen (secondary N) is 1. The first-order valence-corrected chi connectivity index (χ1v) is 10.9. The molecule has 6 nitrogen and oxygen atoms in total. The predicted octanol–water partition coefficient (Wildman–Crippen LogP) is 4.71. The summed E-state index contributed by atoms with van der Waals surface area (Å²) >= 11 is 1.58. The van der Waals surface area contributed by atoms with Crippen molar-refractivity contribution in [3.63, 3.8) is 0 Å². The van der Waals surface area contributed by atoms with Crippen LogP contribution in [-0.4, -0.2) is 24.4 Å². The molecule has 7 heteroatoms. The Morgan fingerprint density at radius 1 is 1.17 bits per heavy atom. The van der Waals surface area contributed by atoms with Crippen LogP contribution in [0.1, 0.15) is 43.5 Å². The maximum atomic E-state index is 12.6. The first-order chi connectivity index (χ1) is 14.2. The van der Waals surface area contributed by atoms with E-state index in [-0.39, 0.29) is 24.0 Å². The van der Waals surface area contributed by atoms with Crippen LogP contribution in [0.3, 0.4) is 0 Å². The molecule has 1 N–H and O–H groups in total. The number of amides is 2. The van der Waals surface area contributed by atoms with Crippen LogP contribution in [0, 0.1) is 0 Å². The molecule has 1 saturated heterocycles. The minimum absolute atomic E-state index is 0.0263. The molecule has 29 heavy (non-hydrogen) atoms. The zero-order valence-corrected chi connectivity index (χ0v) is 17.2. The van der Waals surface area contributed by atoms with E-state index in [0.29, 0.717) is 23.7 Å². The number of nitrogens with zero attached hydrogens (tertiary/aromatic N) is 1. The summed E-state index contributed by atoms with van der Waals surface area (Å²) in [5.41, 5.74) is 2.52. The Kier molecular flexibility index (Phi) is 5.94. The smallest absolute Gasteiger partial charge is 0.238 e. The number of ether oxygens (including phenoxy) is 2. The highest BCUT2D eigenvalue weighted by Gasteiger charge is 2.35. The Morgan fingerprint density at radius 2 is 2.03 bits per heavy atom. The van der Waals surface area contributed by atoms with Crippen molar-refractivity contribution in [2.45, 2.75) is 38.0 Å². The van der Waals surface area contributed by atoms with Crippen molar-refractivity contribution >= 4 is 35.0 Å². The number of hydrogen-bond acceptors (Lipinski definition) is 5. The second kappa shape index (κ2) is 8.78. The van der Waals surface area contributed by atoms with Crippen LogP contribution < -0.4 is 19.7 Å². The van der Waals surface area contributed by atoms with Gasteiger partial charge in [-0.15, -0.1) is 11.8 Å². The van der Waals surface area contributed by atoms with Gasteiger partial charge < -0.3 is 14.8 Å². The highest BCUT2D eigenvalue weighted by atomic mass is 32.2. The third-order valence-electron chi connectivity index (χ3n) is 4.97. The number of unbranched alkanes of at least 4 members (excludes halogenated alkanes) is 2. The molecule has 4 rings (SSSR count). The van der Waals surface area contributed by atoms with Gasteiger partial charge >= 0.3 is 0 Å². The van der Waals surface area contributed by atoms with Gasteiger partial charge in [-0.1, -0.05) is 31.9 Å². The van der Waals surface area contributed by atoms with Gasteiger partial charge in [0.25, 0.3) is 0 Å². The summed E-state index contributed by atoms with van der Waals surface area (Å²) in [4.78, 5) is 26.6. The fraction of sp³-hybridized carbons (Fsp3) is 0.364. The zero-order chi connectivity index (χ0) is 20.2.